The van der Waals surface area contributed by atoms with E-state index in [1.54, 1.807) is 0 Å². The van der Waals surface area contributed by atoms with Gasteiger partial charge in [0.15, 0.2) is 0 Å². The van der Waals surface area contributed by atoms with E-state index < -0.39 is 0 Å². The molecule has 0 heterocycles. The summed E-state index contributed by atoms with van der Waals surface area (Å²) in [5.41, 5.74) is 0. The van der Waals surface area contributed by atoms with E-state index in [-0.39, 0.29) is 5.91 Å². The van der Waals surface area contributed by atoms with Gasteiger partial charge in [-0.05, 0) is 46.4 Å². The molecule has 96 valence electrons. The van der Waals surface area contributed by atoms with Crippen molar-refractivity contribution >= 4 is 5.91 Å². The first-order valence-electron chi connectivity index (χ1n) is 6.24. The topological polar surface area (TPSA) is 44.4 Å². The Bertz CT molecular complexity index is 179. The van der Waals surface area contributed by atoms with Crippen LogP contribution in [0.3, 0.4) is 0 Å². The van der Waals surface area contributed by atoms with Crippen molar-refractivity contribution in [1.29, 1.82) is 0 Å². The summed E-state index contributed by atoms with van der Waals surface area (Å²) in [5.74, 6) is 0.110. The first-order chi connectivity index (χ1) is 7.60. The monoisotopic (exact) mass is 229 g/mol. The Morgan fingerprint density at radius 2 is 1.88 bits per heavy atom. The standard InChI is InChI=1S/C12H27N3O/c1-5-11(6-2)14-12(16)10-13-8-7-9-15(3)4/h11,13H,5-10H2,1-4H3,(H,14,16). The molecule has 4 heteroatoms. The van der Waals surface area contributed by atoms with Crippen molar-refractivity contribution < 1.29 is 4.79 Å². The number of nitrogens with zero attached hydrogens (tertiary/aromatic N) is 1. The lowest BCUT2D eigenvalue weighted by atomic mass is 10.2. The van der Waals surface area contributed by atoms with Gasteiger partial charge in [0.25, 0.3) is 0 Å². The molecule has 0 aliphatic heterocycles. The number of hydrogen-bond acceptors (Lipinski definition) is 3. The van der Waals surface area contributed by atoms with Crippen LogP contribution in [-0.4, -0.2) is 50.6 Å². The third kappa shape index (κ3) is 8.68. The van der Waals surface area contributed by atoms with E-state index in [0.29, 0.717) is 12.6 Å². The molecule has 0 radical (unpaired) electrons. The highest BCUT2D eigenvalue weighted by molar-refractivity contribution is 5.78. The van der Waals surface area contributed by atoms with Crippen LogP contribution in [0.25, 0.3) is 0 Å². The van der Waals surface area contributed by atoms with Crippen LogP contribution in [0.5, 0.6) is 0 Å². The number of hydrogen-bond donors (Lipinski definition) is 2. The van der Waals surface area contributed by atoms with E-state index in [2.05, 4.69) is 43.5 Å². The van der Waals surface area contributed by atoms with E-state index >= 15 is 0 Å². The SMILES string of the molecule is CCC(CC)NC(=O)CNCCCN(C)C. The molecule has 0 spiro atoms. The van der Waals surface area contributed by atoms with Crippen molar-refractivity contribution in [2.75, 3.05) is 33.7 Å². The molecular weight excluding hydrogens is 202 g/mol. The Morgan fingerprint density at radius 1 is 1.25 bits per heavy atom. The van der Waals surface area contributed by atoms with Gasteiger partial charge >= 0.3 is 0 Å². The minimum Gasteiger partial charge on any atom is -0.352 e. The zero-order chi connectivity index (χ0) is 12.4. The van der Waals surface area contributed by atoms with Gasteiger partial charge < -0.3 is 15.5 Å². The molecule has 0 bridgehead atoms. The summed E-state index contributed by atoms with van der Waals surface area (Å²) in [6.45, 7) is 6.58. The molecule has 0 fully saturated rings. The van der Waals surface area contributed by atoms with Gasteiger partial charge in [-0.2, -0.15) is 0 Å². The number of carbonyl (C=O) groups excluding carboxylic acids is 1. The third-order valence-corrected chi connectivity index (χ3v) is 2.60. The second kappa shape index (κ2) is 9.60. The van der Waals surface area contributed by atoms with Gasteiger partial charge in [0.05, 0.1) is 6.54 Å². The largest absolute Gasteiger partial charge is 0.352 e. The van der Waals surface area contributed by atoms with Crippen LogP contribution in [0.15, 0.2) is 0 Å². The highest BCUT2D eigenvalue weighted by Gasteiger charge is 2.06. The fraction of sp³-hybridized carbons (Fsp3) is 0.917. The predicted molar refractivity (Wildman–Crippen MR) is 68.6 cm³/mol. The summed E-state index contributed by atoms with van der Waals surface area (Å²) < 4.78 is 0. The van der Waals surface area contributed by atoms with Crippen LogP contribution < -0.4 is 10.6 Å². The maximum absolute atomic E-state index is 11.5. The molecule has 16 heavy (non-hydrogen) atoms. The summed E-state index contributed by atoms with van der Waals surface area (Å²) in [5, 5.41) is 6.16. The number of amides is 1. The first-order valence-corrected chi connectivity index (χ1v) is 6.24. The molecule has 0 aliphatic rings. The lowest BCUT2D eigenvalue weighted by molar-refractivity contribution is -0.121. The molecule has 0 aromatic carbocycles. The van der Waals surface area contributed by atoms with Gasteiger partial charge in [-0.25, -0.2) is 0 Å². The van der Waals surface area contributed by atoms with Gasteiger partial charge in [-0.15, -0.1) is 0 Å². The van der Waals surface area contributed by atoms with E-state index in [1.807, 2.05) is 0 Å². The van der Waals surface area contributed by atoms with E-state index in [9.17, 15) is 4.79 Å². The Hall–Kier alpha value is -0.610. The Labute approximate surface area is 99.8 Å². The molecule has 4 nitrogen and oxygen atoms in total. The molecule has 0 saturated carbocycles. The maximum atomic E-state index is 11.5. The van der Waals surface area contributed by atoms with Gasteiger partial charge in [-0.1, -0.05) is 13.8 Å². The lowest BCUT2D eigenvalue weighted by Crippen LogP contribution is -2.40. The summed E-state index contributed by atoms with van der Waals surface area (Å²) >= 11 is 0. The fourth-order valence-corrected chi connectivity index (χ4v) is 1.49. The highest BCUT2D eigenvalue weighted by Crippen LogP contribution is 1.94. The molecule has 0 aromatic heterocycles. The van der Waals surface area contributed by atoms with Crippen LogP contribution in [0.2, 0.25) is 0 Å². The Balaban J connectivity index is 3.43. The Morgan fingerprint density at radius 3 is 2.38 bits per heavy atom. The molecule has 0 rings (SSSR count). The van der Waals surface area contributed by atoms with Crippen LogP contribution in [0.1, 0.15) is 33.1 Å². The molecule has 0 atom stereocenters. The van der Waals surface area contributed by atoms with Crippen molar-refractivity contribution in [1.82, 2.24) is 15.5 Å². The van der Waals surface area contributed by atoms with Crippen molar-refractivity contribution in [3.8, 4) is 0 Å². The summed E-state index contributed by atoms with van der Waals surface area (Å²) in [7, 11) is 4.11. The number of rotatable bonds is 9. The summed E-state index contributed by atoms with van der Waals surface area (Å²) in [6, 6.07) is 0.330. The quantitative estimate of drug-likeness (QED) is 0.576. The second-order valence-electron chi connectivity index (χ2n) is 4.41. The van der Waals surface area contributed by atoms with Crippen LogP contribution >= 0.6 is 0 Å². The summed E-state index contributed by atoms with van der Waals surface area (Å²) in [4.78, 5) is 13.6. The summed E-state index contributed by atoms with van der Waals surface area (Å²) in [6.07, 6.45) is 3.08. The van der Waals surface area contributed by atoms with Crippen molar-refractivity contribution in [3.63, 3.8) is 0 Å². The third-order valence-electron chi connectivity index (χ3n) is 2.60. The maximum Gasteiger partial charge on any atom is 0.234 e. The van der Waals surface area contributed by atoms with E-state index in [1.165, 1.54) is 0 Å². The molecule has 1 amide bonds. The van der Waals surface area contributed by atoms with Crippen LogP contribution in [0, 0.1) is 0 Å². The van der Waals surface area contributed by atoms with E-state index in [0.717, 1.165) is 32.4 Å². The molecule has 0 aromatic rings. The molecular formula is C12H27N3O. The predicted octanol–water partition coefficient (Wildman–Crippen LogP) is 0.833. The molecule has 0 aliphatic carbocycles. The molecule has 0 saturated heterocycles. The zero-order valence-electron chi connectivity index (χ0n) is 11.2. The highest BCUT2D eigenvalue weighted by atomic mass is 16.1. The van der Waals surface area contributed by atoms with Gasteiger partial charge in [-0.3, -0.25) is 4.79 Å². The molecule has 0 unspecified atom stereocenters. The second-order valence-corrected chi connectivity index (χ2v) is 4.41. The normalized spacial score (nSPS) is 11.1. The number of nitrogens with one attached hydrogen (secondary N) is 2. The Kier molecular flexibility index (Phi) is 9.24. The smallest absolute Gasteiger partial charge is 0.234 e. The van der Waals surface area contributed by atoms with Gasteiger partial charge in [0.2, 0.25) is 5.91 Å². The van der Waals surface area contributed by atoms with Crippen molar-refractivity contribution in [2.24, 2.45) is 0 Å². The minimum absolute atomic E-state index is 0.110. The van der Waals surface area contributed by atoms with E-state index in [4.69, 9.17) is 0 Å². The number of carbonyl (C=O) groups is 1. The average Bonchev–Trinajstić information content (AvgIpc) is 2.25. The van der Waals surface area contributed by atoms with Crippen molar-refractivity contribution in [3.05, 3.63) is 0 Å². The van der Waals surface area contributed by atoms with Crippen LogP contribution in [0.4, 0.5) is 0 Å². The van der Waals surface area contributed by atoms with Gasteiger partial charge in [0, 0.05) is 6.04 Å². The molecule has 2 N–H and O–H groups in total. The average molecular weight is 229 g/mol. The first kappa shape index (κ1) is 15.4. The fourth-order valence-electron chi connectivity index (χ4n) is 1.49. The van der Waals surface area contributed by atoms with Gasteiger partial charge in [0.1, 0.15) is 0 Å². The zero-order valence-corrected chi connectivity index (χ0v) is 11.2. The lowest BCUT2D eigenvalue weighted by Gasteiger charge is -2.15. The van der Waals surface area contributed by atoms with Crippen molar-refractivity contribution in [2.45, 2.75) is 39.2 Å². The minimum atomic E-state index is 0.110. The van der Waals surface area contributed by atoms with Crippen LogP contribution in [-0.2, 0) is 4.79 Å².